The first kappa shape index (κ1) is 15.9. The van der Waals surface area contributed by atoms with Crippen LogP contribution in [0.1, 0.15) is 22.0 Å². The third kappa shape index (κ3) is 2.68. The van der Waals surface area contributed by atoms with E-state index in [-0.39, 0.29) is 11.6 Å². The molecule has 9 nitrogen and oxygen atoms in total. The highest BCUT2D eigenvalue weighted by Gasteiger charge is 2.26. The van der Waals surface area contributed by atoms with Crippen molar-refractivity contribution in [2.24, 2.45) is 0 Å². The van der Waals surface area contributed by atoms with Gasteiger partial charge in [-0.15, -0.1) is 10.2 Å². The van der Waals surface area contributed by atoms with E-state index in [9.17, 15) is 14.9 Å². The molecule has 0 fully saturated rings. The number of hydrogen-bond donors (Lipinski definition) is 0. The summed E-state index contributed by atoms with van der Waals surface area (Å²) >= 11 is 0. The highest BCUT2D eigenvalue weighted by atomic mass is 16.6. The number of benzene rings is 1. The Morgan fingerprint density at radius 2 is 2.08 bits per heavy atom. The first-order valence-electron chi connectivity index (χ1n) is 7.52. The molecule has 0 aliphatic carbocycles. The summed E-state index contributed by atoms with van der Waals surface area (Å²) in [6.45, 7) is 3.45. The summed E-state index contributed by atoms with van der Waals surface area (Å²) in [5, 5.41) is 19.0. The fraction of sp³-hybridized carbons (Fsp3) is 0.400. The summed E-state index contributed by atoms with van der Waals surface area (Å²) in [6, 6.07) is 4.97. The number of likely N-dealkylation sites (N-methyl/N-ethyl adjacent to an activating group) is 1. The lowest BCUT2D eigenvalue weighted by molar-refractivity contribution is -0.385. The Morgan fingerprint density at radius 1 is 1.33 bits per heavy atom. The lowest BCUT2D eigenvalue weighted by atomic mass is 10.1. The average Bonchev–Trinajstić information content (AvgIpc) is 2.94. The van der Waals surface area contributed by atoms with Gasteiger partial charge in [-0.05, 0) is 19.1 Å². The fourth-order valence-electron chi connectivity index (χ4n) is 2.75. The number of aryl methyl sites for hydroxylation is 1. The van der Waals surface area contributed by atoms with Gasteiger partial charge in [0.05, 0.1) is 11.5 Å². The van der Waals surface area contributed by atoms with Crippen LogP contribution in [0.4, 0.5) is 11.4 Å². The molecule has 0 atom stereocenters. The maximum absolute atomic E-state index is 12.1. The Bertz CT molecular complexity index is 816. The maximum atomic E-state index is 12.1. The number of rotatable bonds is 4. The standard InChI is InChI=1S/C15H18N6O3/c1-10-8-11(4-5-12(10)21(23)24)19(3)9-13-16-17-14-15(22)18(2)6-7-20(13)14/h4-5,8H,6-7,9H2,1-3H3. The summed E-state index contributed by atoms with van der Waals surface area (Å²) < 4.78 is 1.83. The summed E-state index contributed by atoms with van der Waals surface area (Å²) in [4.78, 5) is 26.1. The third-order valence-electron chi connectivity index (χ3n) is 4.22. The fourth-order valence-corrected chi connectivity index (χ4v) is 2.75. The number of carbonyl (C=O) groups is 1. The van der Waals surface area contributed by atoms with Gasteiger partial charge in [0.1, 0.15) is 0 Å². The minimum Gasteiger partial charge on any atom is -0.367 e. The number of hydrogen-bond acceptors (Lipinski definition) is 6. The molecule has 0 radical (unpaired) electrons. The van der Waals surface area contributed by atoms with Gasteiger partial charge in [0.2, 0.25) is 5.82 Å². The Kier molecular flexibility index (Phi) is 3.92. The number of fused-ring (bicyclic) bond motifs is 1. The highest BCUT2D eigenvalue weighted by Crippen LogP contribution is 2.24. The van der Waals surface area contributed by atoms with Crippen LogP contribution in [0.25, 0.3) is 0 Å². The third-order valence-corrected chi connectivity index (χ3v) is 4.22. The van der Waals surface area contributed by atoms with E-state index >= 15 is 0 Å². The highest BCUT2D eigenvalue weighted by molar-refractivity contribution is 5.91. The van der Waals surface area contributed by atoms with Crippen molar-refractivity contribution in [1.82, 2.24) is 19.7 Å². The van der Waals surface area contributed by atoms with Crippen LogP contribution in [0.2, 0.25) is 0 Å². The quantitative estimate of drug-likeness (QED) is 0.617. The van der Waals surface area contributed by atoms with Crippen molar-refractivity contribution in [2.75, 3.05) is 25.5 Å². The number of nitro benzene ring substituents is 1. The van der Waals surface area contributed by atoms with Crippen LogP contribution in [0.5, 0.6) is 0 Å². The molecule has 1 aliphatic rings. The van der Waals surface area contributed by atoms with Crippen LogP contribution in [0, 0.1) is 17.0 Å². The molecule has 126 valence electrons. The van der Waals surface area contributed by atoms with Crippen molar-refractivity contribution in [3.8, 4) is 0 Å². The van der Waals surface area contributed by atoms with E-state index in [2.05, 4.69) is 10.2 Å². The van der Waals surface area contributed by atoms with Crippen LogP contribution < -0.4 is 4.90 Å². The molecule has 1 aliphatic heterocycles. The lowest BCUT2D eigenvalue weighted by Gasteiger charge is -2.25. The minimum absolute atomic E-state index is 0.0978. The smallest absolute Gasteiger partial charge is 0.291 e. The molecule has 9 heteroatoms. The number of nitrogens with zero attached hydrogens (tertiary/aromatic N) is 6. The maximum Gasteiger partial charge on any atom is 0.291 e. The number of aromatic nitrogens is 3. The monoisotopic (exact) mass is 330 g/mol. The van der Waals surface area contributed by atoms with E-state index in [1.165, 1.54) is 6.07 Å². The number of nitro groups is 1. The molecule has 1 aromatic heterocycles. The summed E-state index contributed by atoms with van der Waals surface area (Å²) in [6.07, 6.45) is 0. The molecule has 24 heavy (non-hydrogen) atoms. The van der Waals surface area contributed by atoms with Gasteiger partial charge in [0.15, 0.2) is 5.82 Å². The van der Waals surface area contributed by atoms with Crippen LogP contribution in [-0.4, -0.2) is 51.1 Å². The van der Waals surface area contributed by atoms with Gasteiger partial charge < -0.3 is 14.4 Å². The van der Waals surface area contributed by atoms with Crippen molar-refractivity contribution in [3.63, 3.8) is 0 Å². The van der Waals surface area contributed by atoms with E-state index in [0.29, 0.717) is 36.8 Å². The lowest BCUT2D eigenvalue weighted by Crippen LogP contribution is -2.38. The Hall–Kier alpha value is -2.97. The summed E-state index contributed by atoms with van der Waals surface area (Å²) in [5.74, 6) is 0.922. The second-order valence-electron chi connectivity index (χ2n) is 5.90. The molecule has 0 saturated heterocycles. The van der Waals surface area contributed by atoms with Gasteiger partial charge in [-0.2, -0.15) is 0 Å². The molecule has 0 unspecified atom stereocenters. The van der Waals surface area contributed by atoms with E-state index in [1.54, 1.807) is 31.0 Å². The zero-order chi connectivity index (χ0) is 17.4. The minimum atomic E-state index is -0.393. The van der Waals surface area contributed by atoms with Crippen LogP contribution in [0.15, 0.2) is 18.2 Å². The molecular weight excluding hydrogens is 312 g/mol. The second-order valence-corrected chi connectivity index (χ2v) is 5.90. The second kappa shape index (κ2) is 5.91. The summed E-state index contributed by atoms with van der Waals surface area (Å²) in [5.41, 5.74) is 1.54. The van der Waals surface area contributed by atoms with Gasteiger partial charge in [-0.1, -0.05) is 0 Å². The molecule has 2 aromatic rings. The number of carbonyl (C=O) groups excluding carboxylic acids is 1. The normalized spacial score (nSPS) is 13.8. The van der Waals surface area contributed by atoms with E-state index in [1.807, 2.05) is 16.5 Å². The molecule has 2 heterocycles. The molecule has 1 amide bonds. The van der Waals surface area contributed by atoms with E-state index in [4.69, 9.17) is 0 Å². The van der Waals surface area contributed by atoms with Gasteiger partial charge in [0, 0.05) is 44.5 Å². The Labute approximate surface area is 138 Å². The van der Waals surface area contributed by atoms with Gasteiger partial charge in [-0.3, -0.25) is 14.9 Å². The van der Waals surface area contributed by atoms with Gasteiger partial charge >= 0.3 is 0 Å². The van der Waals surface area contributed by atoms with Crippen molar-refractivity contribution >= 4 is 17.3 Å². The van der Waals surface area contributed by atoms with Crippen molar-refractivity contribution < 1.29 is 9.72 Å². The van der Waals surface area contributed by atoms with Crippen LogP contribution in [-0.2, 0) is 13.1 Å². The van der Waals surface area contributed by atoms with Crippen LogP contribution >= 0.6 is 0 Å². The first-order chi connectivity index (χ1) is 11.4. The SMILES string of the molecule is Cc1cc(N(C)Cc2nnc3n2CCN(C)C3=O)ccc1[N+](=O)[O-]. The van der Waals surface area contributed by atoms with E-state index in [0.717, 1.165) is 5.69 Å². The molecule has 0 spiro atoms. The Balaban J connectivity index is 1.82. The molecule has 0 saturated carbocycles. The molecule has 1 aromatic carbocycles. The predicted octanol–water partition coefficient (Wildman–Crippen LogP) is 1.22. The van der Waals surface area contributed by atoms with Crippen molar-refractivity contribution in [3.05, 3.63) is 45.5 Å². The molecule has 0 N–H and O–H groups in total. The largest absolute Gasteiger partial charge is 0.367 e. The molecule has 3 rings (SSSR count). The van der Waals surface area contributed by atoms with Gasteiger partial charge in [0.25, 0.3) is 11.6 Å². The summed E-state index contributed by atoms with van der Waals surface area (Å²) in [7, 11) is 3.62. The van der Waals surface area contributed by atoms with Crippen LogP contribution in [0.3, 0.4) is 0 Å². The van der Waals surface area contributed by atoms with Crippen molar-refractivity contribution in [2.45, 2.75) is 20.0 Å². The zero-order valence-corrected chi connectivity index (χ0v) is 13.8. The Morgan fingerprint density at radius 3 is 2.75 bits per heavy atom. The predicted molar refractivity (Wildman–Crippen MR) is 86.9 cm³/mol. The topological polar surface area (TPSA) is 97.4 Å². The van der Waals surface area contributed by atoms with Crippen molar-refractivity contribution in [1.29, 1.82) is 0 Å². The number of anilines is 1. The molecular formula is C15H18N6O3. The van der Waals surface area contributed by atoms with Gasteiger partial charge in [-0.25, -0.2) is 0 Å². The van der Waals surface area contributed by atoms with E-state index < -0.39 is 4.92 Å². The zero-order valence-electron chi connectivity index (χ0n) is 13.8. The first-order valence-corrected chi connectivity index (χ1v) is 7.52. The molecule has 0 bridgehead atoms. The number of amides is 1. The average molecular weight is 330 g/mol.